The minimum Gasteiger partial charge on any atom is -0.458 e. The molecule has 1 heterocycles. The number of fused-ring (bicyclic) bond motifs is 2. The average molecular weight is 366 g/mol. The number of carbonyl (C=O) groups excluding carboxylic acids is 2. The molecule has 7 nitrogen and oxygen atoms in total. The molecular formula is C19H26O7. The van der Waals surface area contributed by atoms with Gasteiger partial charge in [-0.3, -0.25) is 4.79 Å². The maximum absolute atomic E-state index is 12.3. The first-order valence-electron chi connectivity index (χ1n) is 8.95. The average Bonchev–Trinajstić information content (AvgIpc) is 2.98. The van der Waals surface area contributed by atoms with E-state index < -0.39 is 53.8 Å². The van der Waals surface area contributed by atoms with E-state index in [4.69, 9.17) is 9.47 Å². The van der Waals surface area contributed by atoms with Gasteiger partial charge in [-0.15, -0.1) is 0 Å². The van der Waals surface area contributed by atoms with Crippen molar-refractivity contribution in [1.29, 1.82) is 0 Å². The molecule has 7 atom stereocenters. The van der Waals surface area contributed by atoms with Crippen LogP contribution in [0.15, 0.2) is 22.8 Å². The summed E-state index contributed by atoms with van der Waals surface area (Å²) in [4.78, 5) is 24.5. The van der Waals surface area contributed by atoms with Crippen molar-refractivity contribution >= 4 is 11.9 Å². The minimum atomic E-state index is -1.49. The Hall–Kier alpha value is -1.70. The number of hydrogen-bond donors (Lipinski definition) is 3. The Bertz CT molecular complexity index is 690. The van der Waals surface area contributed by atoms with Crippen LogP contribution in [0.5, 0.6) is 0 Å². The lowest BCUT2D eigenvalue weighted by Crippen LogP contribution is -2.41. The molecule has 0 aromatic rings. The molecule has 1 fully saturated rings. The van der Waals surface area contributed by atoms with Gasteiger partial charge in [0.15, 0.2) is 0 Å². The van der Waals surface area contributed by atoms with Crippen LogP contribution >= 0.6 is 0 Å². The van der Waals surface area contributed by atoms with Gasteiger partial charge in [0, 0.05) is 24.0 Å². The van der Waals surface area contributed by atoms with E-state index in [9.17, 15) is 24.9 Å². The molecule has 0 saturated carbocycles. The zero-order chi connectivity index (χ0) is 19.4. The molecule has 0 radical (unpaired) electrons. The number of aliphatic hydroxyl groups excluding tert-OH is 2. The highest BCUT2D eigenvalue weighted by Crippen LogP contribution is 2.49. The van der Waals surface area contributed by atoms with Gasteiger partial charge in [-0.25, -0.2) is 4.79 Å². The molecule has 7 heteroatoms. The molecule has 0 aromatic carbocycles. The molecule has 1 aliphatic heterocycles. The van der Waals surface area contributed by atoms with Crippen LogP contribution < -0.4 is 0 Å². The minimum absolute atomic E-state index is 0.0144. The Balaban J connectivity index is 2.05. The normalized spacial score (nSPS) is 42.9. The van der Waals surface area contributed by atoms with Gasteiger partial charge in [-0.1, -0.05) is 13.0 Å². The van der Waals surface area contributed by atoms with Gasteiger partial charge in [0.05, 0.1) is 29.6 Å². The van der Waals surface area contributed by atoms with Crippen LogP contribution in [0.25, 0.3) is 0 Å². The molecule has 0 bridgehead atoms. The molecule has 2 aliphatic carbocycles. The van der Waals surface area contributed by atoms with Crippen molar-refractivity contribution in [2.24, 2.45) is 11.8 Å². The zero-order valence-corrected chi connectivity index (χ0v) is 15.4. The molecule has 0 aromatic heterocycles. The summed E-state index contributed by atoms with van der Waals surface area (Å²) >= 11 is 0. The van der Waals surface area contributed by atoms with Crippen molar-refractivity contribution < 1.29 is 34.4 Å². The number of aliphatic hydroxyl groups is 3. The molecule has 0 amide bonds. The summed E-state index contributed by atoms with van der Waals surface area (Å²) < 4.78 is 11.1. The standard InChI is InChI=1S/C19H26O7/c1-5-8(2)17(22)25-12-7-19(4,24)15-11(21)6-10(20)14(15)16-13(12)9(3)18(23)26-16/h5,9-13,16,20-21,24H,6-7H2,1-4H3/b8-5-/t9-,10+,11-,12-,13+,16-,19-/m0/s1. The number of ether oxygens (including phenoxy) is 2. The Labute approximate surface area is 152 Å². The highest BCUT2D eigenvalue weighted by Gasteiger charge is 2.58. The summed E-state index contributed by atoms with van der Waals surface area (Å²) in [6.07, 6.45) is -1.96. The van der Waals surface area contributed by atoms with Crippen LogP contribution in [0.2, 0.25) is 0 Å². The lowest BCUT2D eigenvalue weighted by Gasteiger charge is -2.32. The fourth-order valence-corrected chi connectivity index (χ4v) is 4.47. The van der Waals surface area contributed by atoms with Gasteiger partial charge in [-0.05, 0) is 26.3 Å². The predicted octanol–water partition coefficient (Wildman–Crippen LogP) is 0.619. The Morgan fingerprint density at radius 1 is 1.35 bits per heavy atom. The number of carbonyl (C=O) groups is 2. The van der Waals surface area contributed by atoms with Crippen molar-refractivity contribution in [3.05, 3.63) is 22.8 Å². The third-order valence-corrected chi connectivity index (χ3v) is 5.92. The molecular weight excluding hydrogens is 340 g/mol. The van der Waals surface area contributed by atoms with E-state index in [0.29, 0.717) is 11.1 Å². The summed E-state index contributed by atoms with van der Waals surface area (Å²) in [7, 11) is 0. The van der Waals surface area contributed by atoms with E-state index >= 15 is 0 Å². The van der Waals surface area contributed by atoms with Crippen molar-refractivity contribution in [1.82, 2.24) is 0 Å². The molecule has 0 unspecified atom stereocenters. The highest BCUT2D eigenvalue weighted by molar-refractivity contribution is 5.88. The van der Waals surface area contributed by atoms with Crippen molar-refractivity contribution in [2.45, 2.75) is 70.6 Å². The largest absolute Gasteiger partial charge is 0.458 e. The number of rotatable bonds is 2. The van der Waals surface area contributed by atoms with Crippen molar-refractivity contribution in [2.75, 3.05) is 0 Å². The van der Waals surface area contributed by atoms with Crippen LogP contribution in [0.3, 0.4) is 0 Å². The smallest absolute Gasteiger partial charge is 0.333 e. The van der Waals surface area contributed by atoms with Crippen LogP contribution in [0, 0.1) is 11.8 Å². The van der Waals surface area contributed by atoms with Gasteiger partial charge < -0.3 is 24.8 Å². The fourth-order valence-electron chi connectivity index (χ4n) is 4.47. The molecule has 3 N–H and O–H groups in total. The second-order valence-corrected chi connectivity index (χ2v) is 7.75. The summed E-state index contributed by atoms with van der Waals surface area (Å²) in [6, 6.07) is 0. The lowest BCUT2D eigenvalue weighted by molar-refractivity contribution is -0.151. The molecule has 26 heavy (non-hydrogen) atoms. The van der Waals surface area contributed by atoms with Crippen molar-refractivity contribution in [3.8, 4) is 0 Å². The van der Waals surface area contributed by atoms with Gasteiger partial charge in [0.2, 0.25) is 0 Å². The first-order chi connectivity index (χ1) is 12.1. The van der Waals surface area contributed by atoms with E-state index in [1.165, 1.54) is 6.92 Å². The molecule has 3 rings (SSSR count). The Kier molecular flexibility index (Phi) is 4.75. The molecule has 1 saturated heterocycles. The zero-order valence-electron chi connectivity index (χ0n) is 15.4. The first kappa shape index (κ1) is 19.1. The maximum Gasteiger partial charge on any atom is 0.333 e. The second kappa shape index (κ2) is 6.48. The van der Waals surface area contributed by atoms with E-state index in [1.54, 1.807) is 26.8 Å². The molecule has 144 valence electrons. The second-order valence-electron chi connectivity index (χ2n) is 7.75. The quantitative estimate of drug-likeness (QED) is 0.373. The van der Waals surface area contributed by atoms with Gasteiger partial charge in [-0.2, -0.15) is 0 Å². The maximum atomic E-state index is 12.3. The number of esters is 2. The summed E-state index contributed by atoms with van der Waals surface area (Å²) in [5, 5.41) is 31.8. The Morgan fingerprint density at radius 3 is 2.62 bits per heavy atom. The lowest BCUT2D eigenvalue weighted by atomic mass is 9.81. The van der Waals surface area contributed by atoms with Crippen LogP contribution in [0.4, 0.5) is 0 Å². The third kappa shape index (κ3) is 2.88. The summed E-state index contributed by atoms with van der Waals surface area (Å²) in [5.74, 6) is -2.06. The van der Waals surface area contributed by atoms with E-state index in [-0.39, 0.29) is 18.4 Å². The van der Waals surface area contributed by atoms with Gasteiger partial charge >= 0.3 is 11.9 Å². The predicted molar refractivity (Wildman–Crippen MR) is 90.7 cm³/mol. The van der Waals surface area contributed by atoms with E-state index in [0.717, 1.165) is 0 Å². The summed E-state index contributed by atoms with van der Waals surface area (Å²) in [6.45, 7) is 6.56. The topological polar surface area (TPSA) is 113 Å². The van der Waals surface area contributed by atoms with Gasteiger partial charge in [0.1, 0.15) is 12.2 Å². The van der Waals surface area contributed by atoms with E-state index in [2.05, 4.69) is 0 Å². The van der Waals surface area contributed by atoms with E-state index in [1.807, 2.05) is 0 Å². The first-order valence-corrected chi connectivity index (χ1v) is 8.95. The van der Waals surface area contributed by atoms with Gasteiger partial charge in [0.25, 0.3) is 0 Å². The molecule has 3 aliphatic rings. The highest BCUT2D eigenvalue weighted by atomic mass is 16.6. The number of hydrogen-bond acceptors (Lipinski definition) is 7. The monoisotopic (exact) mass is 366 g/mol. The van der Waals surface area contributed by atoms with Crippen LogP contribution in [-0.4, -0.2) is 57.3 Å². The Morgan fingerprint density at radius 2 is 2.00 bits per heavy atom. The number of allylic oxidation sites excluding steroid dienone is 1. The van der Waals surface area contributed by atoms with Crippen molar-refractivity contribution in [3.63, 3.8) is 0 Å². The molecule has 0 spiro atoms. The fraction of sp³-hybridized carbons (Fsp3) is 0.684. The third-order valence-electron chi connectivity index (χ3n) is 5.92. The van der Waals surface area contributed by atoms with Crippen LogP contribution in [-0.2, 0) is 19.1 Å². The van der Waals surface area contributed by atoms with Crippen LogP contribution in [0.1, 0.15) is 40.5 Å². The SMILES string of the molecule is C/C=C(/C)C(=O)O[C@H]1C[C@](C)(O)C2=C([C@H](O)C[C@@H]2O)[C@H]2OC(=O)[C@@H](C)[C@H]12. The summed E-state index contributed by atoms with van der Waals surface area (Å²) in [5.41, 5.74) is -0.434.